The molecule has 0 aliphatic rings. The van der Waals surface area contributed by atoms with Gasteiger partial charge in [0.1, 0.15) is 5.69 Å². The molecule has 9 heteroatoms. The van der Waals surface area contributed by atoms with E-state index in [1.54, 1.807) is 12.1 Å². The zero-order valence-electron chi connectivity index (χ0n) is 13.9. The van der Waals surface area contributed by atoms with Crippen molar-refractivity contribution in [1.82, 2.24) is 30.9 Å². The lowest BCUT2D eigenvalue weighted by atomic mass is 9.99. The van der Waals surface area contributed by atoms with Crippen LogP contribution < -0.4 is 5.32 Å². The van der Waals surface area contributed by atoms with Gasteiger partial charge in [0.25, 0.3) is 5.91 Å². The van der Waals surface area contributed by atoms with Crippen molar-refractivity contribution in [2.75, 3.05) is 13.7 Å². The number of esters is 1. The van der Waals surface area contributed by atoms with Crippen LogP contribution in [0.3, 0.4) is 0 Å². The van der Waals surface area contributed by atoms with E-state index in [9.17, 15) is 9.59 Å². The SMILES string of the molecule is COC(=O)C(CNC(=O)c1ccc(-c2nn[nH]n2)nc1)c1ccccc1. The van der Waals surface area contributed by atoms with Crippen molar-refractivity contribution in [1.29, 1.82) is 0 Å². The number of carbonyl (C=O) groups is 2. The van der Waals surface area contributed by atoms with E-state index in [1.165, 1.54) is 13.3 Å². The summed E-state index contributed by atoms with van der Waals surface area (Å²) in [6, 6.07) is 12.4. The van der Waals surface area contributed by atoms with Gasteiger partial charge in [0.2, 0.25) is 5.82 Å². The maximum absolute atomic E-state index is 12.3. The number of pyridine rings is 1. The van der Waals surface area contributed by atoms with E-state index >= 15 is 0 Å². The first kappa shape index (κ1) is 17.2. The third-order valence-corrected chi connectivity index (χ3v) is 3.75. The minimum absolute atomic E-state index is 0.113. The molecule has 26 heavy (non-hydrogen) atoms. The van der Waals surface area contributed by atoms with Crippen molar-refractivity contribution in [2.45, 2.75) is 5.92 Å². The number of hydrogen-bond acceptors (Lipinski definition) is 7. The molecule has 3 rings (SSSR count). The molecule has 2 aromatic heterocycles. The van der Waals surface area contributed by atoms with Gasteiger partial charge in [-0.05, 0) is 22.9 Å². The Balaban J connectivity index is 1.67. The molecule has 0 fully saturated rings. The van der Waals surface area contributed by atoms with E-state index in [1.807, 2.05) is 30.3 Å². The number of aromatic nitrogens is 5. The fourth-order valence-electron chi connectivity index (χ4n) is 2.39. The van der Waals surface area contributed by atoms with Crippen LogP contribution in [0.25, 0.3) is 11.5 Å². The zero-order chi connectivity index (χ0) is 18.4. The smallest absolute Gasteiger partial charge is 0.314 e. The Hall–Kier alpha value is -3.62. The second kappa shape index (κ2) is 7.97. The number of methoxy groups -OCH3 is 1. The Morgan fingerprint density at radius 1 is 1.19 bits per heavy atom. The molecule has 1 unspecified atom stereocenters. The topological polar surface area (TPSA) is 123 Å². The number of H-pyrrole nitrogens is 1. The second-order valence-electron chi connectivity index (χ2n) is 5.36. The maximum atomic E-state index is 12.3. The first-order valence-corrected chi connectivity index (χ1v) is 7.80. The number of amides is 1. The number of benzene rings is 1. The summed E-state index contributed by atoms with van der Waals surface area (Å²) >= 11 is 0. The summed E-state index contributed by atoms with van der Waals surface area (Å²) in [4.78, 5) is 28.5. The standard InChI is InChI=1S/C17H16N6O3/c1-26-17(25)13(11-5-3-2-4-6-11)10-19-16(24)12-7-8-14(18-9-12)15-20-22-23-21-15/h2-9,13H,10H2,1H3,(H,19,24)(H,20,21,22,23). The number of aromatic amines is 1. The van der Waals surface area contributed by atoms with Gasteiger partial charge in [-0.1, -0.05) is 30.3 Å². The van der Waals surface area contributed by atoms with Crippen LogP contribution in [0.1, 0.15) is 21.8 Å². The lowest BCUT2D eigenvalue weighted by Crippen LogP contribution is -2.32. The van der Waals surface area contributed by atoms with Crippen LogP contribution in [0.2, 0.25) is 0 Å². The van der Waals surface area contributed by atoms with Gasteiger partial charge in [-0.2, -0.15) is 5.21 Å². The highest BCUT2D eigenvalue weighted by Crippen LogP contribution is 2.16. The van der Waals surface area contributed by atoms with E-state index in [-0.39, 0.29) is 12.5 Å². The molecular formula is C17H16N6O3. The number of rotatable bonds is 6. The van der Waals surface area contributed by atoms with Crippen LogP contribution in [0.15, 0.2) is 48.7 Å². The molecule has 1 aromatic carbocycles. The third-order valence-electron chi connectivity index (χ3n) is 3.75. The van der Waals surface area contributed by atoms with Crippen molar-refractivity contribution in [2.24, 2.45) is 0 Å². The van der Waals surface area contributed by atoms with E-state index < -0.39 is 11.9 Å². The predicted octanol–water partition coefficient (Wildman–Crippen LogP) is 0.948. The van der Waals surface area contributed by atoms with E-state index in [4.69, 9.17) is 4.74 Å². The molecule has 1 atom stereocenters. The molecule has 0 saturated heterocycles. The van der Waals surface area contributed by atoms with Gasteiger partial charge < -0.3 is 10.1 Å². The van der Waals surface area contributed by atoms with Gasteiger partial charge in [0.15, 0.2) is 0 Å². The van der Waals surface area contributed by atoms with Gasteiger partial charge in [0, 0.05) is 12.7 Å². The average molecular weight is 352 g/mol. The Morgan fingerprint density at radius 3 is 2.62 bits per heavy atom. The number of nitrogens with one attached hydrogen (secondary N) is 2. The predicted molar refractivity (Wildman–Crippen MR) is 90.9 cm³/mol. The maximum Gasteiger partial charge on any atom is 0.314 e. The summed E-state index contributed by atoms with van der Waals surface area (Å²) in [6.07, 6.45) is 1.41. The summed E-state index contributed by atoms with van der Waals surface area (Å²) in [6.45, 7) is 0.113. The summed E-state index contributed by atoms with van der Waals surface area (Å²) < 4.78 is 4.84. The lowest BCUT2D eigenvalue weighted by molar-refractivity contribution is -0.142. The quantitative estimate of drug-likeness (QED) is 0.633. The van der Waals surface area contributed by atoms with Crippen LogP contribution in [-0.2, 0) is 9.53 Å². The lowest BCUT2D eigenvalue weighted by Gasteiger charge is -2.15. The van der Waals surface area contributed by atoms with E-state index in [0.717, 1.165) is 5.56 Å². The van der Waals surface area contributed by atoms with Crippen molar-refractivity contribution in [3.05, 3.63) is 59.8 Å². The number of ether oxygens (including phenoxy) is 1. The van der Waals surface area contributed by atoms with E-state index in [2.05, 4.69) is 30.9 Å². The van der Waals surface area contributed by atoms with Crippen molar-refractivity contribution >= 4 is 11.9 Å². The molecule has 0 bridgehead atoms. The molecule has 0 spiro atoms. The van der Waals surface area contributed by atoms with Crippen LogP contribution in [0, 0.1) is 0 Å². The summed E-state index contributed by atoms with van der Waals surface area (Å²) in [5.41, 5.74) is 1.62. The van der Waals surface area contributed by atoms with Crippen molar-refractivity contribution < 1.29 is 14.3 Å². The molecule has 1 amide bonds. The summed E-state index contributed by atoms with van der Waals surface area (Å²) in [5, 5.41) is 16.2. The van der Waals surface area contributed by atoms with Gasteiger partial charge in [-0.15, -0.1) is 10.2 Å². The molecule has 2 heterocycles. The van der Waals surface area contributed by atoms with Crippen molar-refractivity contribution in [3.8, 4) is 11.5 Å². The van der Waals surface area contributed by atoms with Gasteiger partial charge >= 0.3 is 5.97 Å². The second-order valence-corrected chi connectivity index (χ2v) is 5.36. The fraction of sp³-hybridized carbons (Fsp3) is 0.176. The zero-order valence-corrected chi connectivity index (χ0v) is 13.9. The molecule has 2 N–H and O–H groups in total. The number of nitrogens with zero attached hydrogens (tertiary/aromatic N) is 4. The first-order valence-electron chi connectivity index (χ1n) is 7.80. The van der Waals surface area contributed by atoms with Gasteiger partial charge in [-0.25, -0.2) is 0 Å². The Kier molecular flexibility index (Phi) is 5.28. The normalized spacial score (nSPS) is 11.6. The van der Waals surface area contributed by atoms with Crippen LogP contribution >= 0.6 is 0 Å². The highest BCUT2D eigenvalue weighted by atomic mass is 16.5. The highest BCUT2D eigenvalue weighted by Gasteiger charge is 2.22. The van der Waals surface area contributed by atoms with Crippen molar-refractivity contribution in [3.63, 3.8) is 0 Å². The molecule has 0 aliphatic carbocycles. The monoisotopic (exact) mass is 352 g/mol. The minimum Gasteiger partial charge on any atom is -0.468 e. The van der Waals surface area contributed by atoms with E-state index in [0.29, 0.717) is 17.1 Å². The number of hydrogen-bond donors (Lipinski definition) is 2. The third kappa shape index (κ3) is 3.89. The largest absolute Gasteiger partial charge is 0.468 e. The Morgan fingerprint density at radius 2 is 2.00 bits per heavy atom. The molecule has 9 nitrogen and oxygen atoms in total. The molecule has 132 valence electrons. The summed E-state index contributed by atoms with van der Waals surface area (Å²) in [5.74, 6) is -1.01. The molecule has 3 aromatic rings. The first-order chi connectivity index (χ1) is 12.7. The molecule has 0 radical (unpaired) electrons. The number of carbonyl (C=O) groups excluding carboxylic acids is 2. The Bertz CT molecular complexity index is 865. The van der Waals surface area contributed by atoms with Gasteiger partial charge in [0.05, 0.1) is 18.6 Å². The molecule has 0 saturated carbocycles. The molecular weight excluding hydrogens is 336 g/mol. The fourth-order valence-corrected chi connectivity index (χ4v) is 2.39. The van der Waals surface area contributed by atoms with Gasteiger partial charge in [-0.3, -0.25) is 14.6 Å². The summed E-state index contributed by atoms with van der Waals surface area (Å²) in [7, 11) is 1.32. The minimum atomic E-state index is -0.586. The highest BCUT2D eigenvalue weighted by molar-refractivity contribution is 5.94. The molecule has 0 aliphatic heterocycles. The van der Waals surface area contributed by atoms with Crippen LogP contribution in [0.5, 0.6) is 0 Å². The average Bonchev–Trinajstić information content (AvgIpc) is 3.23. The van der Waals surface area contributed by atoms with Crippen LogP contribution in [0.4, 0.5) is 0 Å². The number of tetrazole rings is 1. The van der Waals surface area contributed by atoms with Crippen LogP contribution in [-0.4, -0.2) is 51.1 Å². The Labute approximate surface area is 148 Å².